The molecule has 0 aromatic heterocycles. The fourth-order valence-electron chi connectivity index (χ4n) is 4.09. The minimum absolute atomic E-state index is 0.233. The Kier molecular flexibility index (Phi) is 2.43. The second-order valence-electron chi connectivity index (χ2n) is 6.56. The van der Waals surface area contributed by atoms with E-state index in [0.29, 0.717) is 0 Å². The van der Waals surface area contributed by atoms with Crippen molar-refractivity contribution < 1.29 is 4.74 Å². The van der Waals surface area contributed by atoms with Crippen LogP contribution >= 0.6 is 0 Å². The zero-order valence-electron chi connectivity index (χ0n) is 10.8. The molecule has 5 atom stereocenters. The molecule has 0 radical (unpaired) electrons. The molecule has 0 N–H and O–H groups in total. The van der Waals surface area contributed by atoms with Gasteiger partial charge in [0, 0.05) is 0 Å². The number of hydrogen-bond acceptors (Lipinski definition) is 1. The topological polar surface area (TPSA) is 12.5 Å². The Balaban J connectivity index is 1.87. The molecule has 0 bridgehead atoms. The Morgan fingerprint density at radius 2 is 2.06 bits per heavy atom. The molecule has 0 aromatic carbocycles. The molecule has 1 heterocycles. The minimum atomic E-state index is 0.233. The molecule has 3 aliphatic rings. The zero-order chi connectivity index (χ0) is 11.3. The van der Waals surface area contributed by atoms with E-state index in [0.717, 1.165) is 30.3 Å². The van der Waals surface area contributed by atoms with Crippen LogP contribution in [0.4, 0.5) is 0 Å². The fraction of sp³-hybridized carbons (Fsp3) is 0.867. The Labute approximate surface area is 99.3 Å². The molecule has 0 aromatic rings. The summed E-state index contributed by atoms with van der Waals surface area (Å²) in [7, 11) is 0. The molecule has 90 valence electrons. The maximum atomic E-state index is 5.73. The molecule has 0 spiro atoms. The van der Waals surface area contributed by atoms with Crippen LogP contribution in [-0.2, 0) is 4.74 Å². The van der Waals surface area contributed by atoms with Gasteiger partial charge < -0.3 is 4.74 Å². The van der Waals surface area contributed by atoms with Crippen LogP contribution in [0.2, 0.25) is 0 Å². The first-order valence-corrected chi connectivity index (χ1v) is 6.91. The van der Waals surface area contributed by atoms with Crippen LogP contribution < -0.4 is 0 Å². The van der Waals surface area contributed by atoms with Gasteiger partial charge in [0.15, 0.2) is 0 Å². The van der Waals surface area contributed by atoms with Crippen LogP contribution in [0.25, 0.3) is 0 Å². The number of ether oxygens (including phenoxy) is 1. The molecular weight excluding hydrogens is 196 g/mol. The summed E-state index contributed by atoms with van der Waals surface area (Å²) >= 11 is 0. The fourth-order valence-corrected chi connectivity index (χ4v) is 4.09. The molecule has 2 aliphatic carbocycles. The summed E-state index contributed by atoms with van der Waals surface area (Å²) in [4.78, 5) is 0. The van der Waals surface area contributed by atoms with E-state index >= 15 is 0 Å². The first kappa shape index (κ1) is 10.8. The van der Waals surface area contributed by atoms with Gasteiger partial charge in [-0.25, -0.2) is 0 Å². The molecular formula is C15H24O. The lowest BCUT2D eigenvalue weighted by molar-refractivity contribution is 0.0637. The molecule has 1 heteroatoms. The van der Waals surface area contributed by atoms with Crippen LogP contribution in [0, 0.1) is 23.7 Å². The highest BCUT2D eigenvalue weighted by molar-refractivity contribution is 5.14. The predicted molar refractivity (Wildman–Crippen MR) is 66.2 cm³/mol. The van der Waals surface area contributed by atoms with E-state index in [1.165, 1.54) is 25.7 Å². The van der Waals surface area contributed by atoms with E-state index in [4.69, 9.17) is 4.74 Å². The number of rotatable bonds is 1. The average molecular weight is 220 g/mol. The maximum Gasteiger partial charge on any atom is 0.0922 e. The van der Waals surface area contributed by atoms with Crippen molar-refractivity contribution in [3.8, 4) is 0 Å². The SMILES string of the molecule is CC1=C[C@H]2[C@@H](CC1)[C@H](C)CC[C@H]2C1(C)CO1. The van der Waals surface area contributed by atoms with Crippen molar-refractivity contribution in [1.29, 1.82) is 0 Å². The van der Waals surface area contributed by atoms with Gasteiger partial charge in [0.2, 0.25) is 0 Å². The smallest absolute Gasteiger partial charge is 0.0922 e. The van der Waals surface area contributed by atoms with E-state index in [-0.39, 0.29) is 5.60 Å². The number of hydrogen-bond donors (Lipinski definition) is 0. The lowest BCUT2D eigenvalue weighted by Gasteiger charge is -2.45. The first-order valence-electron chi connectivity index (χ1n) is 6.91. The molecule has 1 aliphatic heterocycles. The Morgan fingerprint density at radius 1 is 1.31 bits per heavy atom. The second-order valence-corrected chi connectivity index (χ2v) is 6.56. The van der Waals surface area contributed by atoms with Gasteiger partial charge >= 0.3 is 0 Å². The van der Waals surface area contributed by atoms with Gasteiger partial charge in [-0.2, -0.15) is 0 Å². The van der Waals surface area contributed by atoms with Crippen molar-refractivity contribution >= 4 is 0 Å². The number of fused-ring (bicyclic) bond motifs is 1. The molecule has 3 rings (SSSR count). The van der Waals surface area contributed by atoms with Crippen molar-refractivity contribution in [2.24, 2.45) is 23.7 Å². The third kappa shape index (κ3) is 1.64. The van der Waals surface area contributed by atoms with Crippen molar-refractivity contribution in [3.05, 3.63) is 11.6 Å². The maximum absolute atomic E-state index is 5.73. The van der Waals surface area contributed by atoms with Crippen LogP contribution in [0.1, 0.15) is 46.5 Å². The molecule has 1 saturated heterocycles. The molecule has 0 amide bonds. The molecule has 1 unspecified atom stereocenters. The molecule has 1 nitrogen and oxygen atoms in total. The molecule has 2 fully saturated rings. The monoisotopic (exact) mass is 220 g/mol. The van der Waals surface area contributed by atoms with Gasteiger partial charge in [-0.1, -0.05) is 25.0 Å². The summed E-state index contributed by atoms with van der Waals surface area (Å²) < 4.78 is 5.73. The largest absolute Gasteiger partial charge is 0.370 e. The van der Waals surface area contributed by atoms with Gasteiger partial charge in [-0.05, 0) is 56.8 Å². The Bertz CT molecular complexity index is 313. The summed E-state index contributed by atoms with van der Waals surface area (Å²) in [5, 5.41) is 0. The van der Waals surface area contributed by atoms with Crippen molar-refractivity contribution in [2.45, 2.75) is 52.1 Å². The lowest BCUT2D eigenvalue weighted by atomic mass is 9.60. The standard InChI is InChI=1S/C15H24O/c1-10-4-6-12-11(2)5-7-14(13(12)8-10)15(3)9-16-15/h8,11-14H,4-7,9H2,1-3H3/t11-,12+,13+,14-,15?/m1/s1. The summed E-state index contributed by atoms with van der Waals surface area (Å²) in [5.74, 6) is 3.46. The first-order chi connectivity index (χ1) is 7.60. The van der Waals surface area contributed by atoms with Crippen LogP contribution in [0.5, 0.6) is 0 Å². The highest BCUT2D eigenvalue weighted by atomic mass is 16.6. The van der Waals surface area contributed by atoms with Crippen molar-refractivity contribution in [3.63, 3.8) is 0 Å². The van der Waals surface area contributed by atoms with Gasteiger partial charge in [-0.3, -0.25) is 0 Å². The molecule has 16 heavy (non-hydrogen) atoms. The third-order valence-corrected chi connectivity index (χ3v) is 5.36. The number of epoxide rings is 1. The normalized spacial score (nSPS) is 51.8. The average Bonchev–Trinajstić information content (AvgIpc) is 2.97. The van der Waals surface area contributed by atoms with E-state index in [1.807, 2.05) is 0 Å². The third-order valence-electron chi connectivity index (χ3n) is 5.36. The Hall–Kier alpha value is -0.300. The van der Waals surface area contributed by atoms with Gasteiger partial charge in [-0.15, -0.1) is 0 Å². The van der Waals surface area contributed by atoms with Crippen molar-refractivity contribution in [1.82, 2.24) is 0 Å². The highest BCUT2D eigenvalue weighted by Gasteiger charge is 2.53. The van der Waals surface area contributed by atoms with E-state index in [9.17, 15) is 0 Å². The Morgan fingerprint density at radius 3 is 2.75 bits per heavy atom. The highest BCUT2D eigenvalue weighted by Crippen LogP contribution is 2.53. The minimum Gasteiger partial charge on any atom is -0.370 e. The quantitative estimate of drug-likeness (QED) is 0.484. The molecule has 1 saturated carbocycles. The van der Waals surface area contributed by atoms with Crippen LogP contribution in [0.15, 0.2) is 11.6 Å². The predicted octanol–water partition coefficient (Wildman–Crippen LogP) is 3.79. The zero-order valence-corrected chi connectivity index (χ0v) is 10.8. The summed E-state index contributed by atoms with van der Waals surface area (Å²) in [6, 6.07) is 0. The summed E-state index contributed by atoms with van der Waals surface area (Å²) in [6.07, 6.45) is 8.12. The second kappa shape index (κ2) is 3.60. The van der Waals surface area contributed by atoms with E-state index in [2.05, 4.69) is 26.8 Å². The van der Waals surface area contributed by atoms with Crippen LogP contribution in [-0.4, -0.2) is 12.2 Å². The van der Waals surface area contributed by atoms with E-state index in [1.54, 1.807) is 5.57 Å². The van der Waals surface area contributed by atoms with E-state index < -0.39 is 0 Å². The van der Waals surface area contributed by atoms with Gasteiger partial charge in [0.25, 0.3) is 0 Å². The van der Waals surface area contributed by atoms with Gasteiger partial charge in [0.05, 0.1) is 12.2 Å². The summed E-state index contributed by atoms with van der Waals surface area (Å²) in [6.45, 7) is 8.09. The van der Waals surface area contributed by atoms with Crippen molar-refractivity contribution in [2.75, 3.05) is 6.61 Å². The van der Waals surface area contributed by atoms with Gasteiger partial charge in [0.1, 0.15) is 0 Å². The van der Waals surface area contributed by atoms with Crippen LogP contribution in [0.3, 0.4) is 0 Å². The lowest BCUT2D eigenvalue weighted by Crippen LogP contribution is -2.40. The number of allylic oxidation sites excluding steroid dienone is 2. The summed E-state index contributed by atoms with van der Waals surface area (Å²) in [5.41, 5.74) is 1.85.